The van der Waals surface area contributed by atoms with Gasteiger partial charge in [-0.25, -0.2) is 0 Å². The normalized spacial score (nSPS) is 13.5. The first kappa shape index (κ1) is 13.7. The Morgan fingerprint density at radius 2 is 1.84 bits per heavy atom. The minimum Gasteiger partial charge on any atom is -0.344 e. The summed E-state index contributed by atoms with van der Waals surface area (Å²) in [5.74, 6) is -2.87. The maximum atomic E-state index is 14.2. The van der Waals surface area contributed by atoms with Crippen LogP contribution in [0.15, 0.2) is 48.7 Å². The zero-order chi connectivity index (χ0) is 13.9. The molecule has 0 bridgehead atoms. The molecule has 2 aromatic rings. The second kappa shape index (κ2) is 5.53. The highest BCUT2D eigenvalue weighted by atomic mass is 19.3. The Morgan fingerprint density at radius 3 is 2.47 bits per heavy atom. The second-order valence-corrected chi connectivity index (χ2v) is 4.64. The highest BCUT2D eigenvalue weighted by Gasteiger charge is 2.32. The fraction of sp³-hybridized carbons (Fsp3) is 0.333. The van der Waals surface area contributed by atoms with Gasteiger partial charge in [0, 0.05) is 23.5 Å². The molecule has 0 aliphatic rings. The zero-order valence-electron chi connectivity index (χ0n) is 11.1. The monoisotopic (exact) mass is 264 g/mol. The summed E-state index contributed by atoms with van der Waals surface area (Å²) in [6.07, 6.45) is 1.69. The molecule has 0 spiro atoms. The quantitative estimate of drug-likeness (QED) is 0.873. The van der Waals surface area contributed by atoms with Crippen molar-refractivity contribution in [2.24, 2.45) is 0 Å². The van der Waals surface area contributed by atoms with E-state index in [1.807, 2.05) is 20.0 Å². The predicted molar refractivity (Wildman–Crippen MR) is 72.2 cm³/mol. The van der Waals surface area contributed by atoms with Gasteiger partial charge in [-0.1, -0.05) is 30.3 Å². The van der Waals surface area contributed by atoms with Crippen LogP contribution in [0.2, 0.25) is 0 Å². The van der Waals surface area contributed by atoms with Crippen LogP contribution >= 0.6 is 0 Å². The van der Waals surface area contributed by atoms with Crippen LogP contribution in [0.25, 0.3) is 0 Å². The van der Waals surface area contributed by atoms with E-state index >= 15 is 0 Å². The fourth-order valence-electron chi connectivity index (χ4n) is 2.10. The molecule has 2 nitrogen and oxygen atoms in total. The molecule has 0 aliphatic heterocycles. The average Bonchev–Trinajstić information content (AvgIpc) is 2.86. The smallest absolute Gasteiger partial charge is 0.290 e. The van der Waals surface area contributed by atoms with Gasteiger partial charge in [0.2, 0.25) is 0 Å². The van der Waals surface area contributed by atoms with E-state index in [0.717, 1.165) is 5.69 Å². The molecule has 0 amide bonds. The number of benzene rings is 1. The topological polar surface area (TPSA) is 17.0 Å². The Bertz CT molecular complexity index is 520. The van der Waals surface area contributed by atoms with Crippen LogP contribution < -0.4 is 5.32 Å². The van der Waals surface area contributed by atoms with Gasteiger partial charge in [0.1, 0.15) is 0 Å². The number of nitrogens with zero attached hydrogens (tertiary/aromatic N) is 1. The minimum absolute atomic E-state index is 0.0431. The molecule has 1 heterocycles. The summed E-state index contributed by atoms with van der Waals surface area (Å²) < 4.78 is 30.1. The van der Waals surface area contributed by atoms with E-state index in [-0.39, 0.29) is 18.2 Å². The van der Waals surface area contributed by atoms with Crippen molar-refractivity contribution in [1.29, 1.82) is 0 Å². The van der Waals surface area contributed by atoms with Crippen LogP contribution in [0, 0.1) is 0 Å². The Hall–Kier alpha value is -1.68. The third-order valence-electron chi connectivity index (χ3n) is 3.31. The van der Waals surface area contributed by atoms with Gasteiger partial charge >= 0.3 is 0 Å². The molecule has 1 aromatic heterocycles. The molecule has 4 heteroatoms. The summed E-state index contributed by atoms with van der Waals surface area (Å²) in [4.78, 5) is 0. The minimum atomic E-state index is -2.87. The van der Waals surface area contributed by atoms with Crippen LogP contribution in [0.5, 0.6) is 0 Å². The number of alkyl halides is 2. The van der Waals surface area contributed by atoms with E-state index in [4.69, 9.17) is 0 Å². The molecule has 2 rings (SSSR count). The summed E-state index contributed by atoms with van der Waals surface area (Å²) in [6, 6.07) is 11.6. The van der Waals surface area contributed by atoms with Crippen molar-refractivity contribution >= 4 is 0 Å². The van der Waals surface area contributed by atoms with E-state index in [0.29, 0.717) is 0 Å². The molecule has 0 fully saturated rings. The fourth-order valence-corrected chi connectivity index (χ4v) is 2.10. The van der Waals surface area contributed by atoms with Crippen LogP contribution in [0.1, 0.15) is 24.2 Å². The number of rotatable bonds is 5. The highest BCUT2D eigenvalue weighted by Crippen LogP contribution is 2.30. The summed E-state index contributed by atoms with van der Waals surface area (Å²) in [7, 11) is 1.82. The average molecular weight is 264 g/mol. The summed E-state index contributed by atoms with van der Waals surface area (Å²) in [5.41, 5.74) is 0.907. The van der Waals surface area contributed by atoms with Gasteiger partial charge in [0.15, 0.2) is 0 Å². The Labute approximate surface area is 112 Å². The van der Waals surface area contributed by atoms with Gasteiger partial charge < -0.3 is 9.88 Å². The van der Waals surface area contributed by atoms with Gasteiger partial charge in [-0.05, 0) is 26.1 Å². The van der Waals surface area contributed by atoms with Crippen molar-refractivity contribution in [1.82, 2.24) is 9.88 Å². The molecule has 102 valence electrons. The summed E-state index contributed by atoms with van der Waals surface area (Å²) in [5, 5.41) is 3.07. The second-order valence-electron chi connectivity index (χ2n) is 4.64. The number of hydrogen-bond donors (Lipinski definition) is 1. The lowest BCUT2D eigenvalue weighted by molar-refractivity contribution is -0.0230. The first-order valence-electron chi connectivity index (χ1n) is 6.30. The number of aromatic nitrogens is 1. The van der Waals surface area contributed by atoms with Crippen molar-refractivity contribution in [3.05, 3.63) is 59.9 Å². The zero-order valence-corrected chi connectivity index (χ0v) is 11.1. The molecule has 1 atom stereocenters. The lowest BCUT2D eigenvalue weighted by atomic mass is 10.1. The van der Waals surface area contributed by atoms with E-state index in [1.54, 1.807) is 35.0 Å². The maximum absolute atomic E-state index is 14.2. The van der Waals surface area contributed by atoms with Crippen LogP contribution in [0.3, 0.4) is 0 Å². The SMILES string of the molecule is CNC(C)c1cccn1CC(F)(F)c1ccccc1. The lowest BCUT2D eigenvalue weighted by Gasteiger charge is -2.21. The standard InChI is InChI=1S/C15H18F2N2/c1-12(18-2)14-9-6-10-19(14)11-15(16,17)13-7-4-3-5-8-13/h3-10,12,18H,11H2,1-2H3. The first-order valence-corrected chi connectivity index (χ1v) is 6.30. The van der Waals surface area contributed by atoms with Crippen molar-refractivity contribution in [3.63, 3.8) is 0 Å². The highest BCUT2D eigenvalue weighted by molar-refractivity contribution is 5.21. The largest absolute Gasteiger partial charge is 0.344 e. The molecular weight excluding hydrogens is 246 g/mol. The van der Waals surface area contributed by atoms with E-state index in [1.165, 1.54) is 12.1 Å². The van der Waals surface area contributed by atoms with Gasteiger partial charge in [0.25, 0.3) is 5.92 Å². The van der Waals surface area contributed by atoms with E-state index < -0.39 is 5.92 Å². The lowest BCUT2D eigenvalue weighted by Crippen LogP contribution is -2.24. The van der Waals surface area contributed by atoms with Crippen LogP contribution in [-0.2, 0) is 12.5 Å². The van der Waals surface area contributed by atoms with Crippen molar-refractivity contribution in [2.45, 2.75) is 25.4 Å². The van der Waals surface area contributed by atoms with Crippen molar-refractivity contribution in [3.8, 4) is 0 Å². The third kappa shape index (κ3) is 3.01. The molecule has 0 saturated carbocycles. The molecule has 1 N–H and O–H groups in total. The number of hydrogen-bond acceptors (Lipinski definition) is 1. The number of nitrogens with one attached hydrogen (secondary N) is 1. The van der Waals surface area contributed by atoms with Gasteiger partial charge in [0.05, 0.1) is 6.54 Å². The first-order chi connectivity index (χ1) is 9.04. The summed E-state index contributed by atoms with van der Waals surface area (Å²) >= 11 is 0. The summed E-state index contributed by atoms with van der Waals surface area (Å²) in [6.45, 7) is 1.61. The van der Waals surface area contributed by atoms with E-state index in [2.05, 4.69) is 5.32 Å². The molecule has 0 aliphatic carbocycles. The molecular formula is C15H18F2N2. The maximum Gasteiger partial charge on any atom is 0.290 e. The molecule has 0 radical (unpaired) electrons. The molecule has 1 unspecified atom stereocenters. The number of halogens is 2. The Morgan fingerprint density at radius 1 is 1.16 bits per heavy atom. The third-order valence-corrected chi connectivity index (χ3v) is 3.31. The van der Waals surface area contributed by atoms with Crippen molar-refractivity contribution < 1.29 is 8.78 Å². The molecule has 0 saturated heterocycles. The van der Waals surface area contributed by atoms with Crippen LogP contribution in [0.4, 0.5) is 8.78 Å². The molecule has 1 aromatic carbocycles. The Kier molecular flexibility index (Phi) is 4.00. The molecule has 19 heavy (non-hydrogen) atoms. The van der Waals surface area contributed by atoms with Gasteiger partial charge in [-0.15, -0.1) is 0 Å². The Balaban J connectivity index is 2.24. The predicted octanol–water partition coefficient (Wildman–Crippen LogP) is 3.56. The van der Waals surface area contributed by atoms with Gasteiger partial charge in [-0.3, -0.25) is 0 Å². The van der Waals surface area contributed by atoms with E-state index in [9.17, 15) is 8.78 Å². The van der Waals surface area contributed by atoms with Crippen LogP contribution in [-0.4, -0.2) is 11.6 Å². The van der Waals surface area contributed by atoms with Crippen molar-refractivity contribution in [2.75, 3.05) is 7.05 Å². The van der Waals surface area contributed by atoms with Gasteiger partial charge in [-0.2, -0.15) is 8.78 Å².